The molecule has 2 heteroatoms. The third kappa shape index (κ3) is 4.33. The van der Waals surface area contributed by atoms with Gasteiger partial charge in [-0.05, 0) is 79.9 Å². The van der Waals surface area contributed by atoms with E-state index >= 15 is 0 Å². The summed E-state index contributed by atoms with van der Waals surface area (Å²) in [6.07, 6.45) is 13.2. The molecule has 0 amide bonds. The molecule has 2 aliphatic rings. The summed E-state index contributed by atoms with van der Waals surface area (Å²) in [5.41, 5.74) is 0.942. The van der Waals surface area contributed by atoms with Crippen molar-refractivity contribution < 1.29 is 8.78 Å². The Morgan fingerprint density at radius 3 is 2.13 bits per heavy atom. The molecule has 23 heavy (non-hydrogen) atoms. The second kappa shape index (κ2) is 7.77. The Kier molecular flexibility index (Phi) is 5.71. The number of hydrogen-bond donors (Lipinski definition) is 0. The highest BCUT2D eigenvalue weighted by Gasteiger charge is 2.34. The maximum Gasteiger partial charge on any atom is 0.159 e. The number of benzene rings is 1. The molecule has 2 fully saturated rings. The number of rotatable bonds is 5. The Bertz CT molecular complexity index is 511. The number of hydrogen-bond acceptors (Lipinski definition) is 0. The molecule has 2 aliphatic carbocycles. The molecule has 1 aromatic carbocycles. The van der Waals surface area contributed by atoms with Gasteiger partial charge in [0, 0.05) is 0 Å². The lowest BCUT2D eigenvalue weighted by atomic mass is 9.63. The molecular weight excluding hydrogens is 290 g/mol. The van der Waals surface area contributed by atoms with E-state index in [9.17, 15) is 8.78 Å². The molecule has 0 N–H and O–H groups in total. The Morgan fingerprint density at radius 1 is 0.870 bits per heavy atom. The van der Waals surface area contributed by atoms with Gasteiger partial charge < -0.3 is 0 Å². The van der Waals surface area contributed by atoms with Crippen LogP contribution in [0.3, 0.4) is 0 Å². The van der Waals surface area contributed by atoms with Gasteiger partial charge in [-0.3, -0.25) is 0 Å². The first-order valence-corrected chi connectivity index (χ1v) is 9.59. The van der Waals surface area contributed by atoms with E-state index in [2.05, 4.69) is 6.92 Å². The fourth-order valence-electron chi connectivity index (χ4n) is 5.08. The van der Waals surface area contributed by atoms with E-state index in [1.54, 1.807) is 6.07 Å². The molecule has 0 aromatic heterocycles. The maximum atomic E-state index is 13.3. The predicted octanol–water partition coefficient (Wildman–Crippen LogP) is 6.53. The van der Waals surface area contributed by atoms with E-state index in [1.165, 1.54) is 63.5 Å². The first kappa shape index (κ1) is 16.9. The number of fused-ring (bicyclic) bond motifs is 1. The van der Waals surface area contributed by atoms with Crippen LogP contribution < -0.4 is 0 Å². The minimum atomic E-state index is -0.738. The predicted molar refractivity (Wildman–Crippen MR) is 91.2 cm³/mol. The van der Waals surface area contributed by atoms with Gasteiger partial charge in [0.25, 0.3) is 0 Å². The third-order valence-corrected chi connectivity index (χ3v) is 6.35. The normalized spacial score (nSPS) is 30.9. The quantitative estimate of drug-likeness (QED) is 0.578. The van der Waals surface area contributed by atoms with Crippen LogP contribution in [0.2, 0.25) is 0 Å². The average molecular weight is 320 g/mol. The van der Waals surface area contributed by atoms with Crippen molar-refractivity contribution in [1.29, 1.82) is 0 Å². The molecule has 3 rings (SSSR count). The van der Waals surface area contributed by atoms with E-state index in [0.29, 0.717) is 0 Å². The van der Waals surface area contributed by atoms with Crippen molar-refractivity contribution in [2.75, 3.05) is 0 Å². The number of aryl methyl sites for hydroxylation is 1. The summed E-state index contributed by atoms with van der Waals surface area (Å²) < 4.78 is 26.3. The minimum absolute atomic E-state index is 0.708. The summed E-state index contributed by atoms with van der Waals surface area (Å²) in [5.74, 6) is 2.23. The van der Waals surface area contributed by atoms with Crippen LogP contribution >= 0.6 is 0 Å². The van der Waals surface area contributed by atoms with Crippen molar-refractivity contribution in [2.45, 2.75) is 71.1 Å². The smallest absolute Gasteiger partial charge is 0.159 e. The van der Waals surface area contributed by atoms with Gasteiger partial charge in [0.15, 0.2) is 11.6 Å². The van der Waals surface area contributed by atoms with Crippen LogP contribution in [0, 0.1) is 35.3 Å². The van der Waals surface area contributed by atoms with Crippen LogP contribution in [0.25, 0.3) is 0 Å². The maximum absolute atomic E-state index is 13.3. The second-order valence-electron chi connectivity index (χ2n) is 7.95. The van der Waals surface area contributed by atoms with Crippen LogP contribution in [0.15, 0.2) is 18.2 Å². The van der Waals surface area contributed by atoms with Gasteiger partial charge in [0.2, 0.25) is 0 Å². The van der Waals surface area contributed by atoms with Crippen LogP contribution in [0.5, 0.6) is 0 Å². The molecule has 2 saturated carbocycles. The molecule has 0 aliphatic heterocycles. The lowest BCUT2D eigenvalue weighted by Crippen LogP contribution is -2.31. The van der Waals surface area contributed by atoms with Gasteiger partial charge >= 0.3 is 0 Å². The zero-order valence-corrected chi connectivity index (χ0v) is 14.4. The van der Waals surface area contributed by atoms with Crippen LogP contribution in [0.4, 0.5) is 8.78 Å². The van der Waals surface area contributed by atoms with E-state index in [0.717, 1.165) is 42.1 Å². The summed E-state index contributed by atoms with van der Waals surface area (Å²) in [6, 6.07) is 4.37. The summed E-state index contributed by atoms with van der Waals surface area (Å²) >= 11 is 0. The van der Waals surface area contributed by atoms with Crippen LogP contribution in [0.1, 0.15) is 70.3 Å². The van der Waals surface area contributed by atoms with Crippen molar-refractivity contribution in [2.24, 2.45) is 23.7 Å². The van der Waals surface area contributed by atoms with Gasteiger partial charge in [-0.25, -0.2) is 8.78 Å². The van der Waals surface area contributed by atoms with Crippen molar-refractivity contribution in [3.05, 3.63) is 35.4 Å². The molecule has 1 unspecified atom stereocenters. The van der Waals surface area contributed by atoms with Crippen molar-refractivity contribution >= 4 is 0 Å². The molecule has 0 saturated heterocycles. The summed E-state index contributed by atoms with van der Waals surface area (Å²) in [7, 11) is 0. The minimum Gasteiger partial charge on any atom is -0.204 e. The summed E-state index contributed by atoms with van der Waals surface area (Å²) in [6.45, 7) is 2.31. The Morgan fingerprint density at radius 2 is 1.52 bits per heavy atom. The molecule has 128 valence electrons. The zero-order valence-electron chi connectivity index (χ0n) is 14.4. The molecule has 4 atom stereocenters. The highest BCUT2D eigenvalue weighted by atomic mass is 19.2. The Labute approximate surface area is 139 Å². The topological polar surface area (TPSA) is 0 Å². The SMILES string of the molecule is CCCC1CC[C@@H]2C[C@H](CCc3ccc(F)c(F)c3)CC[C@@H]2C1. The van der Waals surface area contributed by atoms with Crippen LogP contribution in [-0.4, -0.2) is 0 Å². The lowest BCUT2D eigenvalue weighted by molar-refractivity contribution is 0.0921. The van der Waals surface area contributed by atoms with Gasteiger partial charge in [-0.15, -0.1) is 0 Å². The zero-order chi connectivity index (χ0) is 16.2. The van der Waals surface area contributed by atoms with Crippen molar-refractivity contribution in [1.82, 2.24) is 0 Å². The van der Waals surface area contributed by atoms with Crippen LogP contribution in [-0.2, 0) is 6.42 Å². The average Bonchev–Trinajstić information content (AvgIpc) is 2.56. The Balaban J connectivity index is 1.47. The summed E-state index contributed by atoms with van der Waals surface area (Å²) in [4.78, 5) is 0. The standard InChI is InChI=1S/C21H30F2/c1-2-3-15-6-9-19-13-16(7-10-18(19)12-15)4-5-17-8-11-20(22)21(23)14-17/h8,11,14-16,18-19H,2-7,9-10,12-13H2,1H3/t15?,16-,18-,19-/m1/s1. The first-order valence-electron chi connectivity index (χ1n) is 9.59. The van der Waals surface area contributed by atoms with E-state index in [4.69, 9.17) is 0 Å². The highest BCUT2D eigenvalue weighted by molar-refractivity contribution is 5.17. The second-order valence-corrected chi connectivity index (χ2v) is 7.95. The van der Waals surface area contributed by atoms with Crippen molar-refractivity contribution in [3.8, 4) is 0 Å². The van der Waals surface area contributed by atoms with Gasteiger partial charge in [-0.2, -0.15) is 0 Å². The monoisotopic (exact) mass is 320 g/mol. The third-order valence-electron chi connectivity index (χ3n) is 6.35. The molecular formula is C21H30F2. The highest BCUT2D eigenvalue weighted by Crippen LogP contribution is 2.46. The largest absolute Gasteiger partial charge is 0.204 e. The van der Waals surface area contributed by atoms with E-state index < -0.39 is 11.6 Å². The molecule has 0 spiro atoms. The van der Waals surface area contributed by atoms with Gasteiger partial charge in [0.1, 0.15) is 0 Å². The molecule has 0 bridgehead atoms. The molecule has 1 aromatic rings. The fraction of sp³-hybridized carbons (Fsp3) is 0.714. The Hall–Kier alpha value is -0.920. The van der Waals surface area contributed by atoms with Gasteiger partial charge in [-0.1, -0.05) is 38.7 Å². The lowest BCUT2D eigenvalue weighted by Gasteiger charge is -2.42. The molecule has 0 heterocycles. The van der Waals surface area contributed by atoms with E-state index in [-0.39, 0.29) is 0 Å². The number of halogens is 2. The fourth-order valence-corrected chi connectivity index (χ4v) is 5.08. The van der Waals surface area contributed by atoms with Crippen molar-refractivity contribution in [3.63, 3.8) is 0 Å². The summed E-state index contributed by atoms with van der Waals surface area (Å²) in [5, 5.41) is 0. The van der Waals surface area contributed by atoms with E-state index in [1.807, 2.05) is 0 Å². The molecule has 0 radical (unpaired) electrons. The molecule has 0 nitrogen and oxygen atoms in total. The first-order chi connectivity index (χ1) is 11.2. The van der Waals surface area contributed by atoms with Gasteiger partial charge in [0.05, 0.1) is 0 Å².